The standard InChI is InChI=1S/C8H9ClFNS/c1-11-8(12-10)6-2-4-7(9)5-3-6/h2-5,8,11H,1H3. The number of hydrogen-bond acceptors (Lipinski definition) is 2. The van der Waals surface area contributed by atoms with Gasteiger partial charge in [-0.1, -0.05) is 23.7 Å². The van der Waals surface area contributed by atoms with E-state index in [4.69, 9.17) is 11.6 Å². The summed E-state index contributed by atoms with van der Waals surface area (Å²) in [6.45, 7) is 0. The minimum atomic E-state index is -0.303. The van der Waals surface area contributed by atoms with E-state index < -0.39 is 0 Å². The molecule has 0 aliphatic heterocycles. The van der Waals surface area contributed by atoms with Crippen LogP contribution in [0.2, 0.25) is 5.02 Å². The molecule has 1 aromatic rings. The van der Waals surface area contributed by atoms with Crippen LogP contribution in [-0.2, 0) is 0 Å². The average Bonchev–Trinajstić information content (AvgIpc) is 2.10. The number of rotatable bonds is 3. The van der Waals surface area contributed by atoms with Crippen LogP contribution in [0.1, 0.15) is 10.9 Å². The number of hydrogen-bond donors (Lipinski definition) is 1. The first-order chi connectivity index (χ1) is 5.77. The predicted octanol–water partition coefficient (Wildman–Crippen LogP) is 3.18. The second kappa shape index (κ2) is 4.70. The number of nitrogens with one attached hydrogen (secondary N) is 1. The molecule has 66 valence electrons. The molecule has 0 fully saturated rings. The van der Waals surface area contributed by atoms with Crippen LogP contribution in [0.4, 0.5) is 3.89 Å². The molecule has 0 spiro atoms. The van der Waals surface area contributed by atoms with Crippen molar-refractivity contribution in [1.29, 1.82) is 0 Å². The lowest BCUT2D eigenvalue weighted by Crippen LogP contribution is -2.11. The van der Waals surface area contributed by atoms with E-state index >= 15 is 0 Å². The fraction of sp³-hybridized carbons (Fsp3) is 0.250. The highest BCUT2D eigenvalue weighted by molar-refractivity contribution is 7.94. The fourth-order valence-electron chi connectivity index (χ4n) is 0.900. The molecule has 1 aromatic carbocycles. The van der Waals surface area contributed by atoms with Gasteiger partial charge in [0.2, 0.25) is 0 Å². The van der Waals surface area contributed by atoms with Gasteiger partial charge < -0.3 is 5.32 Å². The summed E-state index contributed by atoms with van der Waals surface area (Å²) in [5.41, 5.74) is 0.884. The van der Waals surface area contributed by atoms with Crippen LogP contribution in [0.15, 0.2) is 24.3 Å². The molecule has 1 unspecified atom stereocenters. The molecule has 1 N–H and O–H groups in total. The quantitative estimate of drug-likeness (QED) is 0.761. The van der Waals surface area contributed by atoms with Gasteiger partial charge >= 0.3 is 0 Å². The van der Waals surface area contributed by atoms with Crippen molar-refractivity contribution < 1.29 is 3.89 Å². The Morgan fingerprint density at radius 3 is 2.42 bits per heavy atom. The van der Waals surface area contributed by atoms with Gasteiger partial charge in [-0.2, -0.15) is 3.89 Å². The minimum Gasteiger partial charge on any atom is -0.303 e. The van der Waals surface area contributed by atoms with Crippen molar-refractivity contribution in [1.82, 2.24) is 5.32 Å². The molecule has 0 aliphatic carbocycles. The molecule has 0 heterocycles. The zero-order valence-corrected chi connectivity index (χ0v) is 8.12. The lowest BCUT2D eigenvalue weighted by atomic mass is 10.2. The molecule has 0 bridgehead atoms. The zero-order chi connectivity index (χ0) is 8.97. The normalized spacial score (nSPS) is 12.9. The highest BCUT2D eigenvalue weighted by atomic mass is 35.5. The third-order valence-electron chi connectivity index (χ3n) is 1.52. The Labute approximate surface area is 80.6 Å². The van der Waals surface area contributed by atoms with Crippen LogP contribution < -0.4 is 5.32 Å². The van der Waals surface area contributed by atoms with Gasteiger partial charge in [-0.05, 0) is 24.7 Å². The smallest absolute Gasteiger partial charge is 0.110 e. The Morgan fingerprint density at radius 1 is 1.42 bits per heavy atom. The highest BCUT2D eigenvalue weighted by Crippen LogP contribution is 2.26. The van der Waals surface area contributed by atoms with Crippen LogP contribution in [0.5, 0.6) is 0 Å². The van der Waals surface area contributed by atoms with Gasteiger partial charge in [0.1, 0.15) is 5.37 Å². The Morgan fingerprint density at radius 2 is 2.00 bits per heavy atom. The molecule has 0 saturated heterocycles. The van der Waals surface area contributed by atoms with E-state index in [-0.39, 0.29) is 17.5 Å². The van der Waals surface area contributed by atoms with Crippen molar-refractivity contribution >= 4 is 23.7 Å². The van der Waals surface area contributed by atoms with Crippen molar-refractivity contribution in [2.75, 3.05) is 7.05 Å². The first kappa shape index (κ1) is 9.84. The summed E-state index contributed by atoms with van der Waals surface area (Å²) in [6.07, 6.45) is 0. The van der Waals surface area contributed by atoms with E-state index in [1.807, 2.05) is 0 Å². The van der Waals surface area contributed by atoms with Crippen LogP contribution in [0.25, 0.3) is 0 Å². The Balaban J connectivity index is 2.80. The maximum absolute atomic E-state index is 12.3. The van der Waals surface area contributed by atoms with E-state index in [2.05, 4.69) is 5.32 Å². The fourth-order valence-corrected chi connectivity index (χ4v) is 1.38. The van der Waals surface area contributed by atoms with Crippen LogP contribution in [0, 0.1) is 0 Å². The van der Waals surface area contributed by atoms with Crippen molar-refractivity contribution in [2.45, 2.75) is 5.37 Å². The third kappa shape index (κ3) is 2.37. The topological polar surface area (TPSA) is 12.0 Å². The summed E-state index contributed by atoms with van der Waals surface area (Å²) < 4.78 is 12.3. The summed E-state index contributed by atoms with van der Waals surface area (Å²) in [6, 6.07) is 7.10. The van der Waals surface area contributed by atoms with Crippen LogP contribution in [-0.4, -0.2) is 7.05 Å². The van der Waals surface area contributed by atoms with Gasteiger partial charge in [-0.3, -0.25) is 0 Å². The van der Waals surface area contributed by atoms with Crippen molar-refractivity contribution in [3.05, 3.63) is 34.9 Å². The van der Waals surface area contributed by atoms with Crippen LogP contribution >= 0.6 is 23.7 Å². The lowest BCUT2D eigenvalue weighted by molar-refractivity contribution is 0.764. The van der Waals surface area contributed by atoms with E-state index in [1.54, 1.807) is 31.3 Å². The molecular weight excluding hydrogens is 197 g/mol. The molecular formula is C8H9ClFNS. The molecule has 0 aliphatic rings. The van der Waals surface area contributed by atoms with Gasteiger partial charge in [0.25, 0.3) is 0 Å². The summed E-state index contributed by atoms with van der Waals surface area (Å²) in [7, 11) is 1.71. The summed E-state index contributed by atoms with van der Waals surface area (Å²) >= 11 is 5.96. The largest absolute Gasteiger partial charge is 0.303 e. The maximum atomic E-state index is 12.3. The minimum absolute atomic E-state index is 0.275. The van der Waals surface area contributed by atoms with Gasteiger partial charge in [-0.15, -0.1) is 0 Å². The Bertz CT molecular complexity index is 235. The van der Waals surface area contributed by atoms with Gasteiger partial charge in [-0.25, -0.2) is 0 Å². The second-order valence-corrected chi connectivity index (χ2v) is 3.40. The molecule has 0 saturated carbocycles. The predicted molar refractivity (Wildman–Crippen MR) is 52.0 cm³/mol. The summed E-state index contributed by atoms with van der Waals surface area (Å²) in [5.74, 6) is 0. The van der Waals surface area contributed by atoms with E-state index in [9.17, 15) is 3.89 Å². The molecule has 0 amide bonds. The number of halogens is 2. The average molecular weight is 206 g/mol. The lowest BCUT2D eigenvalue weighted by Gasteiger charge is -2.10. The first-order valence-electron chi connectivity index (χ1n) is 3.48. The molecule has 12 heavy (non-hydrogen) atoms. The second-order valence-electron chi connectivity index (χ2n) is 2.31. The molecule has 1 rings (SSSR count). The zero-order valence-electron chi connectivity index (χ0n) is 6.55. The Kier molecular flexibility index (Phi) is 3.85. The number of benzene rings is 1. The maximum Gasteiger partial charge on any atom is 0.110 e. The van der Waals surface area contributed by atoms with Crippen molar-refractivity contribution in [3.63, 3.8) is 0 Å². The molecule has 0 aromatic heterocycles. The van der Waals surface area contributed by atoms with E-state index in [0.29, 0.717) is 5.02 Å². The van der Waals surface area contributed by atoms with Gasteiger partial charge in [0.05, 0.1) is 12.1 Å². The summed E-state index contributed by atoms with van der Waals surface area (Å²) in [5, 5.41) is 3.19. The Hall–Kier alpha value is -0.250. The van der Waals surface area contributed by atoms with Crippen molar-refractivity contribution in [3.8, 4) is 0 Å². The summed E-state index contributed by atoms with van der Waals surface area (Å²) in [4.78, 5) is 0. The van der Waals surface area contributed by atoms with Gasteiger partial charge in [0, 0.05) is 5.02 Å². The van der Waals surface area contributed by atoms with Crippen molar-refractivity contribution in [2.24, 2.45) is 0 Å². The van der Waals surface area contributed by atoms with Crippen LogP contribution in [0.3, 0.4) is 0 Å². The van der Waals surface area contributed by atoms with Gasteiger partial charge in [0.15, 0.2) is 0 Å². The molecule has 4 heteroatoms. The van der Waals surface area contributed by atoms with E-state index in [0.717, 1.165) is 5.56 Å². The highest BCUT2D eigenvalue weighted by Gasteiger charge is 2.08. The first-order valence-corrected chi connectivity index (χ1v) is 4.64. The third-order valence-corrected chi connectivity index (χ3v) is 2.46. The van der Waals surface area contributed by atoms with E-state index in [1.165, 1.54) is 0 Å². The SMILES string of the molecule is CNC(SF)c1ccc(Cl)cc1. The monoisotopic (exact) mass is 205 g/mol. The molecule has 1 nitrogen and oxygen atoms in total. The molecule has 1 atom stereocenters. The molecule has 0 radical (unpaired) electrons.